The van der Waals surface area contributed by atoms with Crippen LogP contribution >= 0.6 is 0 Å². The third-order valence-electron chi connectivity index (χ3n) is 2.48. The van der Waals surface area contributed by atoms with E-state index < -0.39 is 0 Å². The molecule has 0 spiro atoms. The number of hydrogen-bond donors (Lipinski definition) is 1. The predicted octanol–water partition coefficient (Wildman–Crippen LogP) is 2.67. The van der Waals surface area contributed by atoms with Crippen molar-refractivity contribution >= 4 is 0 Å². The second kappa shape index (κ2) is 6.18. The maximum Gasteiger partial charge on any atom is 0.122 e. The molecule has 0 radical (unpaired) electrons. The van der Waals surface area contributed by atoms with Gasteiger partial charge in [0.05, 0.1) is 14.2 Å². The van der Waals surface area contributed by atoms with Crippen molar-refractivity contribution in [2.24, 2.45) is 5.73 Å². The highest BCUT2D eigenvalue weighted by Crippen LogP contribution is 2.27. The fourth-order valence-corrected chi connectivity index (χ4v) is 1.51. The molecule has 0 amide bonds. The van der Waals surface area contributed by atoms with Gasteiger partial charge in [0.2, 0.25) is 0 Å². The summed E-state index contributed by atoms with van der Waals surface area (Å²) in [6.07, 6.45) is 3.65. The lowest BCUT2D eigenvalue weighted by Crippen LogP contribution is -2.10. The van der Waals surface area contributed by atoms with E-state index in [2.05, 4.69) is 6.58 Å². The van der Waals surface area contributed by atoms with Crippen LogP contribution < -0.4 is 15.2 Å². The van der Waals surface area contributed by atoms with Crippen LogP contribution in [0.5, 0.6) is 11.5 Å². The number of methoxy groups -OCH3 is 2. The molecule has 1 rings (SSSR count). The van der Waals surface area contributed by atoms with Crippen LogP contribution in [-0.2, 0) is 0 Å². The number of rotatable bonds is 6. The fourth-order valence-electron chi connectivity index (χ4n) is 1.51. The Kier molecular flexibility index (Phi) is 4.86. The van der Waals surface area contributed by atoms with Gasteiger partial charge in [-0.2, -0.15) is 0 Å². The average molecular weight is 221 g/mol. The standard InChI is InChI=1S/C13H19NO2/c1-4-5-6-13(14)10-7-11(15-2)9-12(8-10)16-3/h4,7-9,13H,1,5-6,14H2,2-3H3/t13-/m1/s1. The van der Waals surface area contributed by atoms with E-state index in [9.17, 15) is 0 Å². The molecule has 0 saturated heterocycles. The minimum absolute atomic E-state index is 0.0120. The lowest BCUT2D eigenvalue weighted by Gasteiger charge is -2.13. The van der Waals surface area contributed by atoms with Gasteiger partial charge >= 0.3 is 0 Å². The Hall–Kier alpha value is -1.48. The van der Waals surface area contributed by atoms with Crippen LogP contribution in [0.25, 0.3) is 0 Å². The molecule has 0 aliphatic carbocycles. The zero-order valence-corrected chi connectivity index (χ0v) is 9.90. The van der Waals surface area contributed by atoms with Crippen LogP contribution in [0.3, 0.4) is 0 Å². The molecule has 1 atom stereocenters. The summed E-state index contributed by atoms with van der Waals surface area (Å²) in [5.41, 5.74) is 7.10. The van der Waals surface area contributed by atoms with Crippen LogP contribution in [0, 0.1) is 0 Å². The van der Waals surface area contributed by atoms with E-state index in [1.54, 1.807) is 14.2 Å². The van der Waals surface area contributed by atoms with Crippen molar-refractivity contribution < 1.29 is 9.47 Å². The average Bonchev–Trinajstić information content (AvgIpc) is 2.35. The van der Waals surface area contributed by atoms with Crippen molar-refractivity contribution in [1.29, 1.82) is 0 Å². The van der Waals surface area contributed by atoms with Crippen LogP contribution in [-0.4, -0.2) is 14.2 Å². The van der Waals surface area contributed by atoms with Gasteiger partial charge in [0.25, 0.3) is 0 Å². The van der Waals surface area contributed by atoms with Crippen molar-refractivity contribution in [2.45, 2.75) is 18.9 Å². The van der Waals surface area contributed by atoms with Crippen LogP contribution in [0.4, 0.5) is 0 Å². The summed E-state index contributed by atoms with van der Waals surface area (Å²) in [6, 6.07) is 5.71. The molecule has 0 fully saturated rings. The highest BCUT2D eigenvalue weighted by Gasteiger charge is 2.08. The monoisotopic (exact) mass is 221 g/mol. The smallest absolute Gasteiger partial charge is 0.122 e. The van der Waals surface area contributed by atoms with Crippen molar-refractivity contribution in [3.8, 4) is 11.5 Å². The van der Waals surface area contributed by atoms with E-state index in [0.29, 0.717) is 0 Å². The first-order valence-electron chi connectivity index (χ1n) is 5.30. The third-order valence-corrected chi connectivity index (χ3v) is 2.48. The first-order valence-corrected chi connectivity index (χ1v) is 5.30. The van der Waals surface area contributed by atoms with E-state index in [1.165, 1.54) is 0 Å². The van der Waals surface area contributed by atoms with Gasteiger partial charge in [0.1, 0.15) is 11.5 Å². The summed E-state index contributed by atoms with van der Waals surface area (Å²) in [5.74, 6) is 1.53. The molecule has 0 aliphatic rings. The van der Waals surface area contributed by atoms with E-state index in [4.69, 9.17) is 15.2 Å². The largest absolute Gasteiger partial charge is 0.497 e. The Bertz CT molecular complexity index is 328. The summed E-state index contributed by atoms with van der Waals surface area (Å²) >= 11 is 0. The third kappa shape index (κ3) is 3.28. The minimum atomic E-state index is -0.0120. The molecule has 3 nitrogen and oxygen atoms in total. The van der Waals surface area contributed by atoms with E-state index in [-0.39, 0.29) is 6.04 Å². The maximum absolute atomic E-state index is 6.07. The number of allylic oxidation sites excluding steroid dienone is 1. The van der Waals surface area contributed by atoms with Crippen molar-refractivity contribution in [3.63, 3.8) is 0 Å². The summed E-state index contributed by atoms with van der Waals surface area (Å²) in [4.78, 5) is 0. The van der Waals surface area contributed by atoms with Gasteiger partial charge in [-0.05, 0) is 30.5 Å². The second-order valence-electron chi connectivity index (χ2n) is 3.62. The summed E-state index contributed by atoms with van der Waals surface area (Å²) < 4.78 is 10.4. The zero-order valence-electron chi connectivity index (χ0n) is 9.90. The van der Waals surface area contributed by atoms with Crippen molar-refractivity contribution in [2.75, 3.05) is 14.2 Å². The molecule has 0 bridgehead atoms. The Labute approximate surface area is 96.9 Å². The summed E-state index contributed by atoms with van der Waals surface area (Å²) in [6.45, 7) is 3.69. The predicted molar refractivity (Wildman–Crippen MR) is 65.9 cm³/mol. The van der Waals surface area contributed by atoms with Gasteiger partial charge in [-0.3, -0.25) is 0 Å². The first kappa shape index (κ1) is 12.6. The number of ether oxygens (including phenoxy) is 2. The highest BCUT2D eigenvalue weighted by molar-refractivity contribution is 5.39. The van der Waals surface area contributed by atoms with E-state index in [0.717, 1.165) is 29.9 Å². The zero-order chi connectivity index (χ0) is 12.0. The highest BCUT2D eigenvalue weighted by atomic mass is 16.5. The van der Waals surface area contributed by atoms with Crippen molar-refractivity contribution in [1.82, 2.24) is 0 Å². The molecule has 0 heterocycles. The number of benzene rings is 1. The Morgan fingerprint density at radius 2 is 1.81 bits per heavy atom. The summed E-state index contributed by atoms with van der Waals surface area (Å²) in [7, 11) is 3.27. The Morgan fingerprint density at radius 3 is 2.25 bits per heavy atom. The topological polar surface area (TPSA) is 44.5 Å². The lowest BCUT2D eigenvalue weighted by atomic mass is 10.0. The van der Waals surface area contributed by atoms with Gasteiger partial charge in [-0.25, -0.2) is 0 Å². The van der Waals surface area contributed by atoms with Gasteiger partial charge in [0.15, 0.2) is 0 Å². The molecule has 0 saturated carbocycles. The molecule has 1 aromatic carbocycles. The second-order valence-corrected chi connectivity index (χ2v) is 3.62. The van der Waals surface area contributed by atoms with Gasteiger partial charge in [-0.1, -0.05) is 6.08 Å². The van der Waals surface area contributed by atoms with Gasteiger partial charge < -0.3 is 15.2 Å². The lowest BCUT2D eigenvalue weighted by molar-refractivity contribution is 0.392. The fraction of sp³-hybridized carbons (Fsp3) is 0.385. The quantitative estimate of drug-likeness (QED) is 0.751. The molecule has 3 heteroatoms. The Morgan fingerprint density at radius 1 is 1.25 bits per heavy atom. The van der Waals surface area contributed by atoms with Crippen LogP contribution in [0.1, 0.15) is 24.4 Å². The van der Waals surface area contributed by atoms with E-state index in [1.807, 2.05) is 24.3 Å². The molecular formula is C13H19NO2. The van der Waals surface area contributed by atoms with Gasteiger partial charge in [-0.15, -0.1) is 6.58 Å². The SMILES string of the molecule is C=CCC[C@@H](N)c1cc(OC)cc(OC)c1. The first-order chi connectivity index (χ1) is 7.71. The van der Waals surface area contributed by atoms with Gasteiger partial charge in [0, 0.05) is 12.1 Å². The molecule has 16 heavy (non-hydrogen) atoms. The molecule has 0 aliphatic heterocycles. The van der Waals surface area contributed by atoms with Crippen molar-refractivity contribution in [3.05, 3.63) is 36.4 Å². The summed E-state index contributed by atoms with van der Waals surface area (Å²) in [5, 5.41) is 0. The normalized spacial score (nSPS) is 11.9. The molecule has 88 valence electrons. The van der Waals surface area contributed by atoms with E-state index >= 15 is 0 Å². The molecule has 0 aromatic heterocycles. The Balaban J connectivity index is 2.88. The molecule has 2 N–H and O–H groups in total. The molecular weight excluding hydrogens is 202 g/mol. The minimum Gasteiger partial charge on any atom is -0.497 e. The maximum atomic E-state index is 6.07. The number of hydrogen-bond acceptors (Lipinski definition) is 3. The molecule has 0 unspecified atom stereocenters. The van der Waals surface area contributed by atoms with Crippen LogP contribution in [0.15, 0.2) is 30.9 Å². The molecule has 1 aromatic rings. The number of nitrogens with two attached hydrogens (primary N) is 1. The van der Waals surface area contributed by atoms with Crippen LogP contribution in [0.2, 0.25) is 0 Å².